The van der Waals surface area contributed by atoms with E-state index in [2.05, 4.69) is 28.5 Å². The Morgan fingerprint density at radius 2 is 2.18 bits per heavy atom. The number of aliphatic imine (C=N–C) groups is 1. The molecule has 0 radical (unpaired) electrons. The highest BCUT2D eigenvalue weighted by Gasteiger charge is 2.21. The fraction of sp³-hybridized carbons (Fsp3) is 0.238. The van der Waals surface area contributed by atoms with Crippen LogP contribution in [-0.4, -0.2) is 36.9 Å². The van der Waals surface area contributed by atoms with Gasteiger partial charge in [0.05, 0.1) is 41.4 Å². The van der Waals surface area contributed by atoms with Gasteiger partial charge in [-0.25, -0.2) is 4.99 Å². The van der Waals surface area contributed by atoms with Crippen LogP contribution in [0.15, 0.2) is 42.4 Å². The van der Waals surface area contributed by atoms with Crippen LogP contribution in [0, 0.1) is 0 Å². The van der Waals surface area contributed by atoms with Crippen LogP contribution in [0.25, 0.3) is 5.70 Å². The van der Waals surface area contributed by atoms with Crippen LogP contribution in [0.1, 0.15) is 34.2 Å². The summed E-state index contributed by atoms with van der Waals surface area (Å²) in [5.74, 6) is 0.904. The average Bonchev–Trinajstić information content (AvgIpc) is 3.11. The Morgan fingerprint density at radius 3 is 2.82 bits per heavy atom. The SMILES string of the molecule is C=CC(=NC(=C)c1cc(Cl)c(OC)c(OCC)c1)c1cc2c([nH]1)CCNC2=O. The van der Waals surface area contributed by atoms with Crippen molar-refractivity contribution in [3.8, 4) is 11.5 Å². The van der Waals surface area contributed by atoms with Crippen LogP contribution in [0.3, 0.4) is 0 Å². The van der Waals surface area contributed by atoms with E-state index in [1.165, 1.54) is 7.11 Å². The Morgan fingerprint density at radius 1 is 1.39 bits per heavy atom. The van der Waals surface area contributed by atoms with Gasteiger partial charge in [0.2, 0.25) is 0 Å². The molecule has 0 aliphatic carbocycles. The van der Waals surface area contributed by atoms with Gasteiger partial charge in [0.1, 0.15) is 0 Å². The van der Waals surface area contributed by atoms with E-state index in [0.717, 1.165) is 12.1 Å². The van der Waals surface area contributed by atoms with Gasteiger partial charge in [-0.3, -0.25) is 4.79 Å². The van der Waals surface area contributed by atoms with Gasteiger partial charge in [-0.1, -0.05) is 24.8 Å². The molecule has 2 aromatic rings. The summed E-state index contributed by atoms with van der Waals surface area (Å²) in [6.45, 7) is 10.9. The molecule has 7 heteroatoms. The molecule has 2 heterocycles. The minimum absolute atomic E-state index is 0.0886. The van der Waals surface area contributed by atoms with Gasteiger partial charge in [-0.2, -0.15) is 0 Å². The van der Waals surface area contributed by atoms with Gasteiger partial charge in [0.25, 0.3) is 5.91 Å². The molecular formula is C21H22ClN3O3. The normalized spacial score (nSPS) is 13.5. The summed E-state index contributed by atoms with van der Waals surface area (Å²) >= 11 is 6.32. The quantitative estimate of drug-likeness (QED) is 0.691. The minimum atomic E-state index is -0.0886. The summed E-state index contributed by atoms with van der Waals surface area (Å²) in [6.07, 6.45) is 2.37. The number of halogens is 1. The molecule has 0 atom stereocenters. The van der Waals surface area contributed by atoms with E-state index in [9.17, 15) is 4.79 Å². The molecule has 6 nitrogen and oxygen atoms in total. The summed E-state index contributed by atoms with van der Waals surface area (Å²) in [7, 11) is 1.54. The molecule has 1 aromatic carbocycles. The first kappa shape index (κ1) is 19.8. The smallest absolute Gasteiger partial charge is 0.253 e. The van der Waals surface area contributed by atoms with Crippen LogP contribution in [0.4, 0.5) is 0 Å². The number of nitrogens with zero attached hydrogens (tertiary/aromatic N) is 1. The van der Waals surface area contributed by atoms with Crippen molar-refractivity contribution in [1.82, 2.24) is 10.3 Å². The van der Waals surface area contributed by atoms with Gasteiger partial charge in [-0.15, -0.1) is 0 Å². The topological polar surface area (TPSA) is 75.7 Å². The van der Waals surface area contributed by atoms with Crippen molar-refractivity contribution in [2.45, 2.75) is 13.3 Å². The zero-order chi connectivity index (χ0) is 20.3. The largest absolute Gasteiger partial charge is 0.491 e. The highest BCUT2D eigenvalue weighted by atomic mass is 35.5. The van der Waals surface area contributed by atoms with E-state index in [0.29, 0.717) is 57.9 Å². The number of benzene rings is 1. The van der Waals surface area contributed by atoms with Crippen molar-refractivity contribution in [3.63, 3.8) is 0 Å². The van der Waals surface area contributed by atoms with Crippen LogP contribution >= 0.6 is 11.6 Å². The molecule has 1 amide bonds. The predicted molar refractivity (Wildman–Crippen MR) is 112 cm³/mol. The van der Waals surface area contributed by atoms with E-state index >= 15 is 0 Å². The third kappa shape index (κ3) is 3.82. The van der Waals surface area contributed by atoms with Crippen molar-refractivity contribution < 1.29 is 14.3 Å². The molecule has 146 valence electrons. The van der Waals surface area contributed by atoms with E-state index in [1.54, 1.807) is 24.3 Å². The lowest BCUT2D eigenvalue weighted by Crippen LogP contribution is -2.31. The van der Waals surface area contributed by atoms with Crippen molar-refractivity contribution in [2.75, 3.05) is 20.3 Å². The summed E-state index contributed by atoms with van der Waals surface area (Å²) in [5, 5.41) is 3.24. The number of methoxy groups -OCH3 is 1. The Bertz CT molecular complexity index is 976. The summed E-state index contributed by atoms with van der Waals surface area (Å²) in [5.41, 5.74) is 4.00. The van der Waals surface area contributed by atoms with Gasteiger partial charge in [0.15, 0.2) is 11.5 Å². The van der Waals surface area contributed by atoms with Gasteiger partial charge >= 0.3 is 0 Å². The second kappa shape index (κ2) is 8.35. The first-order valence-corrected chi connectivity index (χ1v) is 9.27. The predicted octanol–water partition coefficient (Wildman–Crippen LogP) is 4.01. The van der Waals surface area contributed by atoms with E-state index < -0.39 is 0 Å². The Kier molecular flexibility index (Phi) is 5.90. The summed E-state index contributed by atoms with van der Waals surface area (Å²) in [4.78, 5) is 19.8. The molecule has 0 spiro atoms. The Balaban J connectivity index is 1.96. The number of carbonyl (C=O) groups is 1. The number of rotatable bonds is 7. The molecule has 0 saturated carbocycles. The molecule has 1 aliphatic heterocycles. The molecule has 28 heavy (non-hydrogen) atoms. The number of carbonyl (C=O) groups excluding carboxylic acids is 1. The second-order valence-corrected chi connectivity index (χ2v) is 6.56. The standard InChI is InChI=1S/C21H22ClN3O3/c1-5-16(18-11-14-17(25-18)7-8-23-21(14)26)24-12(3)13-9-15(22)20(27-4)19(10-13)28-6-2/h5,9-11,25H,1,3,6-8H2,2,4H3,(H,23,26). The minimum Gasteiger partial charge on any atom is -0.491 e. The lowest BCUT2D eigenvalue weighted by molar-refractivity contribution is 0.0946. The number of aromatic nitrogens is 1. The fourth-order valence-corrected chi connectivity index (χ4v) is 3.34. The number of fused-ring (bicyclic) bond motifs is 1. The van der Waals surface area contributed by atoms with Crippen molar-refractivity contribution in [1.29, 1.82) is 0 Å². The summed E-state index contributed by atoms with van der Waals surface area (Å²) < 4.78 is 10.9. The maximum Gasteiger partial charge on any atom is 0.253 e. The monoisotopic (exact) mass is 399 g/mol. The first-order valence-electron chi connectivity index (χ1n) is 8.89. The second-order valence-electron chi connectivity index (χ2n) is 6.15. The van der Waals surface area contributed by atoms with E-state index in [-0.39, 0.29) is 5.91 Å². The molecule has 0 fully saturated rings. The highest BCUT2D eigenvalue weighted by Crippen LogP contribution is 2.38. The lowest BCUT2D eigenvalue weighted by Gasteiger charge is -2.13. The van der Waals surface area contributed by atoms with Crippen molar-refractivity contribution in [3.05, 3.63) is 65.0 Å². The fourth-order valence-electron chi connectivity index (χ4n) is 3.05. The third-order valence-corrected chi connectivity index (χ3v) is 4.66. The van der Waals surface area contributed by atoms with Gasteiger partial charge in [0, 0.05) is 24.2 Å². The molecule has 3 rings (SSSR count). The third-order valence-electron chi connectivity index (χ3n) is 4.38. The molecule has 0 saturated heterocycles. The molecule has 1 aromatic heterocycles. The highest BCUT2D eigenvalue weighted by molar-refractivity contribution is 6.32. The number of allylic oxidation sites excluding steroid dienone is 1. The molecule has 1 aliphatic rings. The van der Waals surface area contributed by atoms with Crippen molar-refractivity contribution in [2.24, 2.45) is 4.99 Å². The van der Waals surface area contributed by atoms with Crippen LogP contribution < -0.4 is 14.8 Å². The van der Waals surface area contributed by atoms with Crippen molar-refractivity contribution >= 4 is 28.9 Å². The maximum atomic E-state index is 12.0. The Hall–Kier alpha value is -2.99. The first-order chi connectivity index (χ1) is 13.5. The van der Waals surface area contributed by atoms with Crippen LogP contribution in [-0.2, 0) is 6.42 Å². The van der Waals surface area contributed by atoms with E-state index in [4.69, 9.17) is 21.1 Å². The Labute approximate surface area is 168 Å². The zero-order valence-corrected chi connectivity index (χ0v) is 16.7. The van der Waals surface area contributed by atoms with Gasteiger partial charge in [-0.05, 0) is 31.2 Å². The van der Waals surface area contributed by atoms with Crippen LogP contribution in [0.2, 0.25) is 5.02 Å². The number of ether oxygens (including phenoxy) is 2. The number of hydrogen-bond donors (Lipinski definition) is 2. The number of hydrogen-bond acceptors (Lipinski definition) is 4. The van der Waals surface area contributed by atoms with Crippen LogP contribution in [0.5, 0.6) is 11.5 Å². The number of amides is 1. The zero-order valence-electron chi connectivity index (χ0n) is 15.9. The molecule has 0 unspecified atom stereocenters. The average molecular weight is 400 g/mol. The molecule has 2 N–H and O–H groups in total. The number of aromatic amines is 1. The number of nitrogens with one attached hydrogen (secondary N) is 2. The van der Waals surface area contributed by atoms with Gasteiger partial charge < -0.3 is 19.8 Å². The van der Waals surface area contributed by atoms with E-state index in [1.807, 2.05) is 6.92 Å². The molecule has 0 bridgehead atoms. The maximum absolute atomic E-state index is 12.0. The number of H-pyrrole nitrogens is 1. The molecular weight excluding hydrogens is 378 g/mol. The lowest BCUT2D eigenvalue weighted by atomic mass is 10.1. The summed E-state index contributed by atoms with van der Waals surface area (Å²) in [6, 6.07) is 5.29.